The van der Waals surface area contributed by atoms with Crippen LogP contribution in [0.25, 0.3) is 0 Å². The highest BCUT2D eigenvalue weighted by Gasteiger charge is 2.11. The molecule has 3 N–H and O–H groups in total. The third-order valence-electron chi connectivity index (χ3n) is 2.60. The minimum absolute atomic E-state index is 0.00702. The van der Waals surface area contributed by atoms with E-state index < -0.39 is 10.8 Å². The average Bonchev–Trinajstić information content (AvgIpc) is 2.32. The molecule has 0 radical (unpaired) electrons. The van der Waals surface area contributed by atoms with Crippen LogP contribution < -0.4 is 15.8 Å². The second-order valence-electron chi connectivity index (χ2n) is 4.63. The van der Waals surface area contributed by atoms with Crippen molar-refractivity contribution in [1.82, 2.24) is 9.97 Å². The molecule has 0 amide bonds. The van der Waals surface area contributed by atoms with E-state index in [0.29, 0.717) is 23.9 Å². The highest BCUT2D eigenvalue weighted by atomic mass is 32.2. The Balaban J connectivity index is 2.61. The summed E-state index contributed by atoms with van der Waals surface area (Å²) in [5.41, 5.74) is 6.34. The molecule has 0 bridgehead atoms. The van der Waals surface area contributed by atoms with Gasteiger partial charge in [-0.15, -0.1) is 0 Å². The fourth-order valence-corrected chi connectivity index (χ4v) is 1.85. The van der Waals surface area contributed by atoms with Crippen LogP contribution in [0.3, 0.4) is 0 Å². The molecule has 1 heterocycles. The number of hydrogen-bond acceptors (Lipinski definition) is 6. The fraction of sp³-hybridized carbons (Fsp3) is 0.667. The van der Waals surface area contributed by atoms with Gasteiger partial charge in [0.15, 0.2) is 5.82 Å². The number of nitrogens with zero attached hydrogens (tertiary/aromatic N) is 2. The number of nitrogen functional groups attached to an aromatic ring is 1. The summed E-state index contributed by atoms with van der Waals surface area (Å²) in [6.45, 7) is 6.43. The van der Waals surface area contributed by atoms with E-state index in [2.05, 4.69) is 15.3 Å². The predicted octanol–water partition coefficient (Wildman–Crippen LogP) is 1.41. The van der Waals surface area contributed by atoms with Crippen LogP contribution in [0.15, 0.2) is 6.33 Å². The van der Waals surface area contributed by atoms with Gasteiger partial charge in [-0.3, -0.25) is 4.21 Å². The lowest BCUT2D eigenvalue weighted by atomic mass is 10.3. The lowest BCUT2D eigenvalue weighted by Gasteiger charge is -2.14. The zero-order valence-electron chi connectivity index (χ0n) is 11.8. The molecule has 1 aromatic heterocycles. The van der Waals surface area contributed by atoms with Gasteiger partial charge < -0.3 is 15.8 Å². The Labute approximate surface area is 116 Å². The first-order valence-corrected chi connectivity index (χ1v) is 7.87. The van der Waals surface area contributed by atoms with Crippen LogP contribution in [0.5, 0.6) is 5.88 Å². The summed E-state index contributed by atoms with van der Waals surface area (Å²) >= 11 is 0. The van der Waals surface area contributed by atoms with E-state index in [9.17, 15) is 4.21 Å². The molecule has 108 valence electrons. The third kappa shape index (κ3) is 5.02. The molecule has 2 atom stereocenters. The predicted molar refractivity (Wildman–Crippen MR) is 78.8 cm³/mol. The first kappa shape index (κ1) is 15.7. The Morgan fingerprint density at radius 2 is 2.11 bits per heavy atom. The van der Waals surface area contributed by atoms with Gasteiger partial charge in [-0.25, -0.2) is 4.98 Å². The van der Waals surface area contributed by atoms with Crippen LogP contribution in [-0.2, 0) is 10.8 Å². The largest absolute Gasteiger partial charge is 0.473 e. The first-order chi connectivity index (χ1) is 8.91. The molecular formula is C12H22N4O2S. The van der Waals surface area contributed by atoms with Crippen molar-refractivity contribution in [3.8, 4) is 5.88 Å². The Bertz CT molecular complexity index is 440. The summed E-state index contributed by atoms with van der Waals surface area (Å²) in [7, 11) is -0.814. The van der Waals surface area contributed by atoms with E-state index in [4.69, 9.17) is 10.5 Å². The summed E-state index contributed by atoms with van der Waals surface area (Å²) < 4.78 is 16.7. The van der Waals surface area contributed by atoms with Crippen LogP contribution in [0, 0.1) is 0 Å². The molecule has 0 fully saturated rings. The van der Waals surface area contributed by atoms with Gasteiger partial charge in [0.05, 0.1) is 6.10 Å². The molecule has 19 heavy (non-hydrogen) atoms. The monoisotopic (exact) mass is 286 g/mol. The molecule has 0 saturated carbocycles. The Kier molecular flexibility index (Phi) is 6.01. The minimum atomic E-state index is -0.814. The van der Waals surface area contributed by atoms with E-state index in [1.165, 1.54) is 6.33 Å². The van der Waals surface area contributed by atoms with Crippen LogP contribution in [0.4, 0.5) is 11.5 Å². The van der Waals surface area contributed by atoms with Gasteiger partial charge in [0.2, 0.25) is 5.88 Å². The number of aromatic nitrogens is 2. The summed E-state index contributed by atoms with van der Waals surface area (Å²) in [4.78, 5) is 8.09. The highest BCUT2D eigenvalue weighted by molar-refractivity contribution is 7.84. The van der Waals surface area contributed by atoms with Gasteiger partial charge in [-0.1, -0.05) is 6.92 Å². The molecule has 7 heteroatoms. The molecule has 1 rings (SSSR count). The zero-order valence-corrected chi connectivity index (χ0v) is 12.7. The Morgan fingerprint density at radius 1 is 1.42 bits per heavy atom. The van der Waals surface area contributed by atoms with Gasteiger partial charge in [-0.05, 0) is 20.3 Å². The molecule has 0 aliphatic carbocycles. The third-order valence-corrected chi connectivity index (χ3v) is 3.97. The number of anilines is 2. The van der Waals surface area contributed by atoms with E-state index >= 15 is 0 Å². The number of nitrogens with one attached hydrogen (secondary N) is 1. The van der Waals surface area contributed by atoms with E-state index in [0.717, 1.165) is 6.42 Å². The quantitative estimate of drug-likeness (QED) is 0.787. The molecular weight excluding hydrogens is 264 g/mol. The molecule has 0 aromatic carbocycles. The Hall–Kier alpha value is -1.37. The van der Waals surface area contributed by atoms with Crippen molar-refractivity contribution < 1.29 is 8.95 Å². The molecule has 1 aromatic rings. The maximum Gasteiger partial charge on any atom is 0.242 e. The number of ether oxygens (including phenoxy) is 1. The van der Waals surface area contributed by atoms with Crippen LogP contribution in [0.1, 0.15) is 27.2 Å². The first-order valence-electron chi connectivity index (χ1n) is 6.25. The van der Waals surface area contributed by atoms with Gasteiger partial charge in [0.1, 0.15) is 12.0 Å². The number of rotatable bonds is 7. The average molecular weight is 286 g/mol. The van der Waals surface area contributed by atoms with E-state index in [1.54, 1.807) is 6.26 Å². The van der Waals surface area contributed by atoms with Gasteiger partial charge >= 0.3 is 0 Å². The second kappa shape index (κ2) is 7.28. The van der Waals surface area contributed by atoms with Gasteiger partial charge in [0, 0.05) is 28.9 Å². The molecule has 0 spiro atoms. The lowest BCUT2D eigenvalue weighted by molar-refractivity contribution is 0.234. The number of nitrogens with two attached hydrogens (primary N) is 1. The molecule has 0 saturated heterocycles. The summed E-state index contributed by atoms with van der Waals surface area (Å²) in [5.74, 6) is 0.944. The highest BCUT2D eigenvalue weighted by Crippen LogP contribution is 2.25. The van der Waals surface area contributed by atoms with Crippen molar-refractivity contribution in [3.05, 3.63) is 6.33 Å². The van der Waals surface area contributed by atoms with Crippen LogP contribution in [-0.4, -0.2) is 38.3 Å². The molecule has 0 aliphatic heterocycles. The zero-order chi connectivity index (χ0) is 14.4. The van der Waals surface area contributed by atoms with Crippen LogP contribution >= 0.6 is 0 Å². The minimum Gasteiger partial charge on any atom is -0.473 e. The van der Waals surface area contributed by atoms with Crippen molar-refractivity contribution in [2.75, 3.05) is 23.9 Å². The van der Waals surface area contributed by atoms with Gasteiger partial charge in [-0.2, -0.15) is 4.98 Å². The second-order valence-corrected chi connectivity index (χ2v) is 6.43. The smallest absolute Gasteiger partial charge is 0.242 e. The molecule has 6 nitrogen and oxygen atoms in total. The summed E-state index contributed by atoms with van der Waals surface area (Å²) in [5, 5.41) is 3.26. The van der Waals surface area contributed by atoms with Crippen molar-refractivity contribution in [3.63, 3.8) is 0 Å². The van der Waals surface area contributed by atoms with Gasteiger partial charge in [0.25, 0.3) is 0 Å². The van der Waals surface area contributed by atoms with Crippen molar-refractivity contribution in [2.24, 2.45) is 0 Å². The SMILES string of the molecule is CC(C)Oc1ncnc(NCCC(C)S(C)=O)c1N. The molecule has 2 unspecified atom stereocenters. The standard InChI is InChI=1S/C12H22N4O2S/c1-8(2)18-12-10(13)11(15-7-16-12)14-6-5-9(3)19(4)17/h7-9H,5-6,13H2,1-4H3,(H,14,15,16). The topological polar surface area (TPSA) is 90.1 Å². The summed E-state index contributed by atoms with van der Waals surface area (Å²) in [6, 6.07) is 0. The Morgan fingerprint density at radius 3 is 2.68 bits per heavy atom. The normalized spacial score (nSPS) is 14.2. The lowest BCUT2D eigenvalue weighted by Crippen LogP contribution is -2.16. The maximum atomic E-state index is 11.2. The molecule has 0 aliphatic rings. The van der Waals surface area contributed by atoms with Crippen molar-refractivity contribution in [1.29, 1.82) is 0 Å². The van der Waals surface area contributed by atoms with Crippen molar-refractivity contribution >= 4 is 22.3 Å². The summed E-state index contributed by atoms with van der Waals surface area (Å²) in [6.07, 6.45) is 3.91. The number of hydrogen-bond donors (Lipinski definition) is 2. The fourth-order valence-electron chi connectivity index (χ4n) is 1.40. The van der Waals surface area contributed by atoms with E-state index in [-0.39, 0.29) is 11.4 Å². The van der Waals surface area contributed by atoms with E-state index in [1.807, 2.05) is 20.8 Å². The van der Waals surface area contributed by atoms with Crippen LogP contribution in [0.2, 0.25) is 0 Å². The maximum absolute atomic E-state index is 11.2. The van der Waals surface area contributed by atoms with Crippen molar-refractivity contribution in [2.45, 2.75) is 38.5 Å².